The molecule has 5 heteroatoms. The van der Waals surface area contributed by atoms with Crippen LogP contribution in [0.5, 0.6) is 0 Å². The first-order chi connectivity index (χ1) is 5.88. The van der Waals surface area contributed by atoms with E-state index in [0.717, 1.165) is 12.1 Å². The van der Waals surface area contributed by atoms with E-state index in [1.807, 2.05) is 0 Å². The van der Waals surface area contributed by atoms with Gasteiger partial charge in [0.05, 0.1) is 12.0 Å². The minimum absolute atomic E-state index is 0.0728. The average molecular weight is 205 g/mol. The molecule has 1 aromatic rings. The third kappa shape index (κ3) is 3.10. The van der Waals surface area contributed by atoms with Crippen LogP contribution in [0.2, 0.25) is 0 Å². The predicted octanol–water partition coefficient (Wildman–Crippen LogP) is 1.67. The molecule has 71 valence electrons. The van der Waals surface area contributed by atoms with Gasteiger partial charge in [-0.25, -0.2) is 17.2 Å². The Labute approximate surface area is 75.1 Å². The highest BCUT2D eigenvalue weighted by Gasteiger charge is 2.09. The molecule has 1 radical (unpaired) electrons. The lowest BCUT2D eigenvalue weighted by molar-refractivity contribution is 0.571. The largest absolute Gasteiger partial charge is 0.228 e. The van der Waals surface area contributed by atoms with E-state index in [2.05, 4.69) is 6.26 Å². The lowest BCUT2D eigenvalue weighted by atomic mass is 10.2. The monoisotopic (exact) mass is 205 g/mol. The van der Waals surface area contributed by atoms with Crippen molar-refractivity contribution < 1.29 is 17.2 Å². The summed E-state index contributed by atoms with van der Waals surface area (Å²) in [6.07, 6.45) is 2.84. The van der Waals surface area contributed by atoms with Crippen molar-refractivity contribution in [2.24, 2.45) is 0 Å². The molecule has 1 aromatic carbocycles. The average Bonchev–Trinajstić information content (AvgIpc) is 1.93. The molecule has 1 rings (SSSR count). The number of hydrogen-bond donors (Lipinski definition) is 0. The number of rotatable bonds is 2. The van der Waals surface area contributed by atoms with Crippen LogP contribution in [0.1, 0.15) is 5.56 Å². The summed E-state index contributed by atoms with van der Waals surface area (Å²) in [7, 11) is -3.52. The topological polar surface area (TPSA) is 34.1 Å². The van der Waals surface area contributed by atoms with Gasteiger partial charge in [0.25, 0.3) is 0 Å². The number of hydrogen-bond acceptors (Lipinski definition) is 2. The second-order valence-corrected chi connectivity index (χ2v) is 4.40. The normalized spacial score (nSPS) is 11.6. The van der Waals surface area contributed by atoms with Crippen molar-refractivity contribution in [1.82, 2.24) is 0 Å². The van der Waals surface area contributed by atoms with Crippen molar-refractivity contribution in [3.63, 3.8) is 0 Å². The van der Waals surface area contributed by atoms with E-state index in [-0.39, 0.29) is 5.56 Å². The highest BCUT2D eigenvalue weighted by Crippen LogP contribution is 2.12. The Morgan fingerprint density at radius 2 is 1.92 bits per heavy atom. The van der Waals surface area contributed by atoms with Crippen LogP contribution in [0.15, 0.2) is 18.2 Å². The van der Waals surface area contributed by atoms with Gasteiger partial charge < -0.3 is 0 Å². The smallest absolute Gasteiger partial charge is 0.155 e. The molecule has 0 fully saturated rings. The van der Waals surface area contributed by atoms with E-state index in [0.29, 0.717) is 6.07 Å². The lowest BCUT2D eigenvalue weighted by Crippen LogP contribution is -2.01. The van der Waals surface area contributed by atoms with Gasteiger partial charge in [0.15, 0.2) is 9.84 Å². The highest BCUT2D eigenvalue weighted by atomic mass is 32.2. The molecule has 0 amide bonds. The van der Waals surface area contributed by atoms with Crippen LogP contribution in [0.25, 0.3) is 0 Å². The third-order valence-electron chi connectivity index (χ3n) is 1.39. The van der Waals surface area contributed by atoms with Gasteiger partial charge in [0.2, 0.25) is 0 Å². The molecule has 0 aliphatic rings. The molecule has 0 unspecified atom stereocenters. The Balaban J connectivity index is 3.04. The zero-order valence-electron chi connectivity index (χ0n) is 6.63. The van der Waals surface area contributed by atoms with Crippen LogP contribution in [-0.4, -0.2) is 8.42 Å². The Morgan fingerprint density at radius 3 is 2.38 bits per heavy atom. The van der Waals surface area contributed by atoms with E-state index in [1.165, 1.54) is 0 Å². The SMILES string of the molecule is [CH2]S(=O)(=O)Cc1ccc(F)cc1F. The van der Waals surface area contributed by atoms with Crippen LogP contribution in [0.4, 0.5) is 8.78 Å². The first-order valence-electron chi connectivity index (χ1n) is 3.38. The summed E-state index contributed by atoms with van der Waals surface area (Å²) in [6.45, 7) is 0. The Bertz CT molecular complexity index is 412. The van der Waals surface area contributed by atoms with Gasteiger partial charge in [-0.05, 0) is 6.07 Å². The van der Waals surface area contributed by atoms with Gasteiger partial charge in [0.1, 0.15) is 11.6 Å². The quantitative estimate of drug-likeness (QED) is 0.736. The van der Waals surface area contributed by atoms with Gasteiger partial charge in [-0.15, -0.1) is 0 Å². The maximum atomic E-state index is 12.8. The molecular formula is C8H7F2O2S. The predicted molar refractivity (Wildman–Crippen MR) is 44.3 cm³/mol. The van der Waals surface area contributed by atoms with E-state index < -0.39 is 27.2 Å². The van der Waals surface area contributed by atoms with Gasteiger partial charge in [0, 0.05) is 11.6 Å². The minimum atomic E-state index is -3.52. The molecular weight excluding hydrogens is 198 g/mol. The molecule has 0 bridgehead atoms. The maximum absolute atomic E-state index is 12.8. The van der Waals surface area contributed by atoms with E-state index >= 15 is 0 Å². The van der Waals surface area contributed by atoms with Crippen molar-refractivity contribution in [3.8, 4) is 0 Å². The Hall–Kier alpha value is -0.970. The molecule has 0 N–H and O–H groups in total. The molecule has 0 heterocycles. The molecule has 0 aliphatic heterocycles. The standard InChI is InChI=1S/C8H7F2O2S/c1-13(11,12)5-6-2-3-7(9)4-8(6)10/h2-4H,1,5H2. The fourth-order valence-electron chi connectivity index (χ4n) is 0.876. The lowest BCUT2D eigenvalue weighted by Gasteiger charge is -2.00. The van der Waals surface area contributed by atoms with Crippen molar-refractivity contribution >= 4 is 9.84 Å². The minimum Gasteiger partial charge on any atom is -0.228 e. The summed E-state index contributed by atoms with van der Waals surface area (Å²) < 4.78 is 46.6. The van der Waals surface area contributed by atoms with Gasteiger partial charge in [-0.3, -0.25) is 0 Å². The highest BCUT2D eigenvalue weighted by molar-refractivity contribution is 7.91. The number of benzene rings is 1. The van der Waals surface area contributed by atoms with Crippen LogP contribution >= 0.6 is 0 Å². The van der Waals surface area contributed by atoms with Gasteiger partial charge in [-0.1, -0.05) is 6.07 Å². The molecule has 2 nitrogen and oxygen atoms in total. The molecule has 0 spiro atoms. The van der Waals surface area contributed by atoms with E-state index in [1.54, 1.807) is 0 Å². The van der Waals surface area contributed by atoms with Crippen molar-refractivity contribution in [2.75, 3.05) is 0 Å². The van der Waals surface area contributed by atoms with E-state index in [9.17, 15) is 17.2 Å². The first-order valence-corrected chi connectivity index (χ1v) is 5.20. The summed E-state index contributed by atoms with van der Waals surface area (Å²) in [5, 5.41) is 0. The summed E-state index contributed by atoms with van der Waals surface area (Å²) in [6, 6.07) is 2.73. The van der Waals surface area contributed by atoms with Crippen molar-refractivity contribution in [2.45, 2.75) is 5.75 Å². The third-order valence-corrected chi connectivity index (χ3v) is 2.14. The zero-order chi connectivity index (χ0) is 10.1. The summed E-state index contributed by atoms with van der Waals surface area (Å²) >= 11 is 0. The van der Waals surface area contributed by atoms with Crippen LogP contribution in [-0.2, 0) is 15.6 Å². The fourth-order valence-corrected chi connectivity index (χ4v) is 1.58. The number of sulfone groups is 1. The van der Waals surface area contributed by atoms with Crippen LogP contribution < -0.4 is 0 Å². The fraction of sp³-hybridized carbons (Fsp3) is 0.125. The van der Waals surface area contributed by atoms with Crippen LogP contribution in [0.3, 0.4) is 0 Å². The summed E-state index contributed by atoms with van der Waals surface area (Å²) in [4.78, 5) is 0. The first kappa shape index (κ1) is 10.1. The summed E-state index contributed by atoms with van der Waals surface area (Å²) in [5.41, 5.74) is -0.0728. The van der Waals surface area contributed by atoms with Crippen LogP contribution in [0, 0.1) is 17.9 Å². The summed E-state index contributed by atoms with van der Waals surface area (Å²) in [5.74, 6) is -2.12. The Kier molecular flexibility index (Phi) is 2.66. The Morgan fingerprint density at radius 1 is 1.31 bits per heavy atom. The molecule has 0 aromatic heterocycles. The number of halogens is 2. The van der Waals surface area contributed by atoms with Gasteiger partial charge >= 0.3 is 0 Å². The van der Waals surface area contributed by atoms with Gasteiger partial charge in [-0.2, -0.15) is 0 Å². The molecule has 0 aliphatic carbocycles. The maximum Gasteiger partial charge on any atom is 0.155 e. The molecule has 0 saturated heterocycles. The molecule has 13 heavy (non-hydrogen) atoms. The second kappa shape index (κ2) is 3.41. The van der Waals surface area contributed by atoms with Crippen molar-refractivity contribution in [3.05, 3.63) is 41.7 Å². The molecule has 0 saturated carbocycles. The van der Waals surface area contributed by atoms with E-state index in [4.69, 9.17) is 0 Å². The molecule has 0 atom stereocenters. The zero-order valence-corrected chi connectivity index (χ0v) is 7.44. The second-order valence-electron chi connectivity index (χ2n) is 2.62. The van der Waals surface area contributed by atoms with Crippen molar-refractivity contribution in [1.29, 1.82) is 0 Å².